The highest BCUT2D eigenvalue weighted by Gasteiger charge is 2.43. The molecule has 0 unspecified atom stereocenters. The largest absolute Gasteiger partial charge is 0.325 e. The Balaban J connectivity index is 1.94. The van der Waals surface area contributed by atoms with Crippen LogP contribution in [0.3, 0.4) is 0 Å². The average Bonchev–Trinajstić information content (AvgIpc) is 2.74. The van der Waals surface area contributed by atoms with Crippen molar-refractivity contribution in [1.82, 2.24) is 15.6 Å². The highest BCUT2D eigenvalue weighted by Crippen LogP contribution is 2.16. The standard InChI is InChI=1S/C17H21BrN4O3/c1-4-13(11-6-5-7-12(18)10-11)20-21-14(23)8-9-22-15(24)17(2,3)19-16(22)25/h5-7,10H,4,8-9H2,1-3H3,(H,19,25)(H,21,23)/b20-13-. The fourth-order valence-corrected chi connectivity index (χ4v) is 2.84. The number of benzene rings is 1. The molecule has 0 radical (unpaired) electrons. The topological polar surface area (TPSA) is 90.9 Å². The number of carbonyl (C=O) groups is 3. The van der Waals surface area contributed by atoms with Crippen LogP contribution in [0.5, 0.6) is 0 Å². The average molecular weight is 409 g/mol. The number of hydrazone groups is 1. The zero-order valence-corrected chi connectivity index (χ0v) is 16.0. The van der Waals surface area contributed by atoms with E-state index in [-0.39, 0.29) is 24.8 Å². The van der Waals surface area contributed by atoms with Crippen LogP contribution in [0.4, 0.5) is 4.79 Å². The lowest BCUT2D eigenvalue weighted by molar-refractivity contribution is -0.130. The summed E-state index contributed by atoms with van der Waals surface area (Å²) in [7, 11) is 0. The molecular formula is C17H21BrN4O3. The molecular weight excluding hydrogens is 388 g/mol. The molecule has 1 fully saturated rings. The number of nitrogens with one attached hydrogen (secondary N) is 2. The first kappa shape index (κ1) is 19.1. The van der Waals surface area contributed by atoms with Gasteiger partial charge < -0.3 is 5.32 Å². The molecule has 1 aliphatic heterocycles. The molecule has 0 saturated carbocycles. The number of carbonyl (C=O) groups excluding carboxylic acids is 3. The molecule has 25 heavy (non-hydrogen) atoms. The van der Waals surface area contributed by atoms with Crippen LogP contribution in [0.25, 0.3) is 0 Å². The molecule has 1 saturated heterocycles. The second-order valence-corrected chi connectivity index (χ2v) is 7.13. The van der Waals surface area contributed by atoms with Crippen molar-refractivity contribution < 1.29 is 14.4 Å². The van der Waals surface area contributed by atoms with Gasteiger partial charge in [-0.1, -0.05) is 35.0 Å². The van der Waals surface area contributed by atoms with Crippen LogP contribution in [-0.4, -0.2) is 40.5 Å². The molecule has 1 aromatic rings. The Morgan fingerprint density at radius 3 is 2.64 bits per heavy atom. The Hall–Kier alpha value is -2.22. The third kappa shape index (κ3) is 4.66. The minimum absolute atomic E-state index is 0.00574. The number of urea groups is 1. The molecule has 7 nitrogen and oxygen atoms in total. The maximum absolute atomic E-state index is 12.1. The van der Waals surface area contributed by atoms with Gasteiger partial charge in [-0.3, -0.25) is 14.5 Å². The van der Waals surface area contributed by atoms with E-state index in [2.05, 4.69) is 31.8 Å². The SMILES string of the molecule is CC/C(=N/NC(=O)CCN1C(=O)NC(C)(C)C1=O)c1cccc(Br)c1. The lowest BCUT2D eigenvalue weighted by Crippen LogP contribution is -2.40. The zero-order valence-electron chi connectivity index (χ0n) is 14.4. The van der Waals surface area contributed by atoms with Crippen LogP contribution >= 0.6 is 15.9 Å². The molecule has 134 valence electrons. The third-order valence-electron chi connectivity index (χ3n) is 3.82. The monoisotopic (exact) mass is 408 g/mol. The Morgan fingerprint density at radius 1 is 1.36 bits per heavy atom. The highest BCUT2D eigenvalue weighted by molar-refractivity contribution is 9.10. The fourth-order valence-electron chi connectivity index (χ4n) is 2.44. The number of halogens is 1. The van der Waals surface area contributed by atoms with Gasteiger partial charge in [-0.15, -0.1) is 0 Å². The summed E-state index contributed by atoms with van der Waals surface area (Å²) in [5.41, 5.74) is 3.21. The molecule has 0 aliphatic carbocycles. The van der Waals surface area contributed by atoms with E-state index in [1.165, 1.54) is 0 Å². The molecule has 2 rings (SSSR count). The molecule has 1 aliphatic rings. The van der Waals surface area contributed by atoms with Gasteiger partial charge in [0.2, 0.25) is 5.91 Å². The molecule has 0 bridgehead atoms. The van der Waals surface area contributed by atoms with Crippen molar-refractivity contribution in [2.45, 2.75) is 39.2 Å². The van der Waals surface area contributed by atoms with E-state index in [4.69, 9.17) is 0 Å². The number of hydrogen-bond donors (Lipinski definition) is 2. The normalized spacial score (nSPS) is 16.8. The van der Waals surface area contributed by atoms with Crippen LogP contribution in [0, 0.1) is 0 Å². The molecule has 8 heteroatoms. The van der Waals surface area contributed by atoms with Gasteiger partial charge in [-0.2, -0.15) is 5.10 Å². The van der Waals surface area contributed by atoms with Crippen molar-refractivity contribution in [1.29, 1.82) is 0 Å². The van der Waals surface area contributed by atoms with Gasteiger partial charge >= 0.3 is 6.03 Å². The summed E-state index contributed by atoms with van der Waals surface area (Å²) in [5.74, 6) is -0.691. The van der Waals surface area contributed by atoms with Gasteiger partial charge in [0.25, 0.3) is 5.91 Å². The second kappa shape index (κ2) is 7.77. The van der Waals surface area contributed by atoms with Crippen LogP contribution in [-0.2, 0) is 9.59 Å². The Labute approximate surface area is 155 Å². The molecule has 0 spiro atoms. The van der Waals surface area contributed by atoms with E-state index < -0.39 is 11.6 Å². The molecule has 1 aromatic carbocycles. The van der Waals surface area contributed by atoms with Crippen molar-refractivity contribution in [2.24, 2.45) is 5.10 Å². The van der Waals surface area contributed by atoms with Crippen LogP contribution in [0.15, 0.2) is 33.8 Å². The van der Waals surface area contributed by atoms with E-state index in [0.717, 1.165) is 20.6 Å². The third-order valence-corrected chi connectivity index (χ3v) is 4.31. The van der Waals surface area contributed by atoms with Crippen molar-refractivity contribution in [3.05, 3.63) is 34.3 Å². The first-order valence-corrected chi connectivity index (χ1v) is 8.79. The van der Waals surface area contributed by atoms with E-state index in [1.807, 2.05) is 31.2 Å². The number of nitrogens with zero attached hydrogens (tertiary/aromatic N) is 2. The highest BCUT2D eigenvalue weighted by atomic mass is 79.9. The molecule has 4 amide bonds. The maximum Gasteiger partial charge on any atom is 0.325 e. The van der Waals surface area contributed by atoms with E-state index in [0.29, 0.717) is 6.42 Å². The van der Waals surface area contributed by atoms with E-state index in [9.17, 15) is 14.4 Å². The first-order chi connectivity index (χ1) is 11.7. The summed E-state index contributed by atoms with van der Waals surface area (Å²) >= 11 is 3.40. The summed E-state index contributed by atoms with van der Waals surface area (Å²) in [4.78, 5) is 36.9. The summed E-state index contributed by atoms with van der Waals surface area (Å²) in [6.45, 7) is 5.22. The number of hydrogen-bond acceptors (Lipinski definition) is 4. The van der Waals surface area contributed by atoms with Crippen molar-refractivity contribution in [3.63, 3.8) is 0 Å². The summed E-state index contributed by atoms with van der Waals surface area (Å²) in [5, 5.41) is 6.73. The molecule has 1 heterocycles. The number of amides is 4. The summed E-state index contributed by atoms with van der Waals surface area (Å²) in [6, 6.07) is 7.16. The quantitative estimate of drug-likeness (QED) is 0.430. The summed E-state index contributed by atoms with van der Waals surface area (Å²) in [6.07, 6.45) is 0.645. The Morgan fingerprint density at radius 2 is 2.08 bits per heavy atom. The van der Waals surface area contributed by atoms with E-state index in [1.54, 1.807) is 13.8 Å². The molecule has 2 N–H and O–H groups in total. The zero-order chi connectivity index (χ0) is 18.6. The minimum atomic E-state index is -0.929. The Kier molecular flexibility index (Phi) is 5.94. The van der Waals surface area contributed by atoms with Crippen molar-refractivity contribution in [2.75, 3.05) is 6.54 Å². The van der Waals surface area contributed by atoms with Crippen molar-refractivity contribution >= 4 is 39.5 Å². The van der Waals surface area contributed by atoms with Crippen LogP contribution in [0.1, 0.15) is 39.2 Å². The van der Waals surface area contributed by atoms with Gasteiger partial charge in [0.1, 0.15) is 5.54 Å². The fraction of sp³-hybridized carbons (Fsp3) is 0.412. The van der Waals surface area contributed by atoms with E-state index >= 15 is 0 Å². The van der Waals surface area contributed by atoms with Crippen LogP contribution in [0.2, 0.25) is 0 Å². The molecule has 0 aromatic heterocycles. The number of imide groups is 1. The number of rotatable bonds is 6. The van der Waals surface area contributed by atoms with Gasteiger partial charge in [-0.25, -0.2) is 10.2 Å². The predicted molar refractivity (Wildman–Crippen MR) is 98.1 cm³/mol. The minimum Gasteiger partial charge on any atom is -0.324 e. The lowest BCUT2D eigenvalue weighted by Gasteiger charge is -2.15. The maximum atomic E-state index is 12.1. The van der Waals surface area contributed by atoms with Gasteiger partial charge in [-0.05, 0) is 38.0 Å². The van der Waals surface area contributed by atoms with Gasteiger partial charge in [0.15, 0.2) is 0 Å². The van der Waals surface area contributed by atoms with Gasteiger partial charge in [0, 0.05) is 17.4 Å². The predicted octanol–water partition coefficient (Wildman–Crippen LogP) is 2.40. The second-order valence-electron chi connectivity index (χ2n) is 6.22. The van der Waals surface area contributed by atoms with Crippen LogP contribution < -0.4 is 10.7 Å². The van der Waals surface area contributed by atoms with Crippen molar-refractivity contribution in [3.8, 4) is 0 Å². The smallest absolute Gasteiger partial charge is 0.324 e. The lowest BCUT2D eigenvalue weighted by atomic mass is 10.1. The molecule has 0 atom stereocenters. The van der Waals surface area contributed by atoms with Gasteiger partial charge in [0.05, 0.1) is 5.71 Å². The summed E-state index contributed by atoms with van der Waals surface area (Å²) < 4.78 is 0.929. The Bertz CT molecular complexity index is 730. The first-order valence-electron chi connectivity index (χ1n) is 8.00.